The van der Waals surface area contributed by atoms with Gasteiger partial charge < -0.3 is 19.6 Å². The van der Waals surface area contributed by atoms with Crippen molar-refractivity contribution in [3.8, 4) is 0 Å². The average molecular weight is 549 g/mol. The molecule has 10 heteroatoms. The summed E-state index contributed by atoms with van der Waals surface area (Å²) < 4.78 is 0. The number of likely N-dealkylation sites (N-methyl/N-ethyl adjacent to an activating group) is 1. The molecule has 4 heterocycles. The van der Waals surface area contributed by atoms with E-state index >= 15 is 0 Å². The molecular formula is C29H37ClN8O. The Balaban J connectivity index is 1.38. The number of carbonyl (C=O) groups excluding carboxylic acids is 1. The molecule has 0 bridgehead atoms. The Morgan fingerprint density at radius 3 is 2.59 bits per heavy atom. The number of aromatic nitrogens is 4. The fraction of sp³-hybridized carbons (Fsp3) is 0.517. The predicted molar refractivity (Wildman–Crippen MR) is 156 cm³/mol. The first-order chi connectivity index (χ1) is 18.7. The van der Waals surface area contributed by atoms with Gasteiger partial charge in [-0.25, -0.2) is 4.98 Å². The Hall–Kier alpha value is -3.17. The minimum Gasteiger partial charge on any atom is -0.353 e. The molecular weight excluding hydrogens is 512 g/mol. The van der Waals surface area contributed by atoms with Gasteiger partial charge in [-0.1, -0.05) is 25.1 Å². The molecule has 39 heavy (non-hydrogen) atoms. The number of nitrogens with one attached hydrogen (secondary N) is 1. The van der Waals surface area contributed by atoms with E-state index in [1.54, 1.807) is 0 Å². The van der Waals surface area contributed by atoms with Crippen LogP contribution in [0.15, 0.2) is 24.9 Å². The third kappa shape index (κ3) is 4.55. The molecule has 0 unspecified atom stereocenters. The summed E-state index contributed by atoms with van der Waals surface area (Å²) in [6.07, 6.45) is 4.99. The fourth-order valence-electron chi connectivity index (χ4n) is 6.35. The zero-order valence-corrected chi connectivity index (χ0v) is 24.0. The molecule has 9 nitrogen and oxygen atoms in total. The summed E-state index contributed by atoms with van der Waals surface area (Å²) >= 11 is 6.98. The van der Waals surface area contributed by atoms with Crippen molar-refractivity contribution < 1.29 is 4.79 Å². The number of benzene rings is 1. The van der Waals surface area contributed by atoms with E-state index < -0.39 is 0 Å². The monoisotopic (exact) mass is 548 g/mol. The van der Waals surface area contributed by atoms with E-state index in [4.69, 9.17) is 21.6 Å². The summed E-state index contributed by atoms with van der Waals surface area (Å²) in [5, 5.41) is 9.39. The second-order valence-electron chi connectivity index (χ2n) is 11.6. The van der Waals surface area contributed by atoms with E-state index in [9.17, 15) is 4.79 Å². The maximum absolute atomic E-state index is 12.2. The van der Waals surface area contributed by atoms with E-state index in [1.165, 1.54) is 17.2 Å². The summed E-state index contributed by atoms with van der Waals surface area (Å²) in [5.41, 5.74) is 5.62. The van der Waals surface area contributed by atoms with Crippen molar-refractivity contribution in [2.75, 3.05) is 63.2 Å². The van der Waals surface area contributed by atoms with Crippen molar-refractivity contribution in [3.05, 3.63) is 52.3 Å². The predicted octanol–water partition coefficient (Wildman–Crippen LogP) is 3.42. The lowest BCUT2D eigenvalue weighted by atomic mass is 9.74. The summed E-state index contributed by atoms with van der Waals surface area (Å²) in [5.74, 6) is 2.42. The number of halogens is 1. The van der Waals surface area contributed by atoms with Crippen molar-refractivity contribution in [2.24, 2.45) is 5.92 Å². The van der Waals surface area contributed by atoms with Crippen LogP contribution in [0.4, 0.5) is 11.8 Å². The van der Waals surface area contributed by atoms with Crippen molar-refractivity contribution in [1.82, 2.24) is 30.0 Å². The molecule has 2 aromatic heterocycles. The van der Waals surface area contributed by atoms with Gasteiger partial charge in [-0.2, -0.15) is 10.1 Å². The van der Waals surface area contributed by atoms with Crippen LogP contribution < -0.4 is 9.80 Å². The molecule has 1 aromatic carbocycles. The Morgan fingerprint density at radius 1 is 1.15 bits per heavy atom. The summed E-state index contributed by atoms with van der Waals surface area (Å²) in [6, 6.07) is 2.59. The second kappa shape index (κ2) is 10.1. The lowest BCUT2D eigenvalue weighted by molar-refractivity contribution is -0.126. The number of nitrogens with zero attached hydrogens (tertiary/aromatic N) is 7. The van der Waals surface area contributed by atoms with Gasteiger partial charge in [-0.05, 0) is 69.0 Å². The van der Waals surface area contributed by atoms with E-state index in [0.29, 0.717) is 25.0 Å². The van der Waals surface area contributed by atoms with Crippen molar-refractivity contribution in [2.45, 2.75) is 38.6 Å². The number of hydrogen-bond acceptors (Lipinski definition) is 7. The first-order valence-electron chi connectivity index (χ1n) is 13.8. The van der Waals surface area contributed by atoms with Gasteiger partial charge in [0, 0.05) is 61.3 Å². The van der Waals surface area contributed by atoms with Gasteiger partial charge in [0.25, 0.3) is 0 Å². The van der Waals surface area contributed by atoms with Gasteiger partial charge in [0.15, 0.2) is 0 Å². The normalized spacial score (nSPS) is 21.8. The minimum absolute atomic E-state index is 0.00702. The molecule has 2 aliphatic heterocycles. The number of aromatic amines is 1. The van der Waals surface area contributed by atoms with Crippen LogP contribution in [0, 0.1) is 12.8 Å². The van der Waals surface area contributed by atoms with Crippen molar-refractivity contribution in [3.63, 3.8) is 0 Å². The number of hydrogen-bond donors (Lipinski definition) is 1. The average Bonchev–Trinajstić information content (AvgIpc) is 3.35. The van der Waals surface area contributed by atoms with Gasteiger partial charge in [0.1, 0.15) is 5.82 Å². The van der Waals surface area contributed by atoms with Crippen molar-refractivity contribution in [1.29, 1.82) is 0 Å². The zero-order chi connectivity index (χ0) is 27.4. The highest BCUT2D eigenvalue weighted by atomic mass is 35.5. The Bertz CT molecular complexity index is 1420. The topological polar surface area (TPSA) is 84.5 Å². The summed E-state index contributed by atoms with van der Waals surface area (Å²) in [7, 11) is 4.25. The van der Waals surface area contributed by atoms with Crippen LogP contribution in [0.3, 0.4) is 0 Å². The Kier molecular flexibility index (Phi) is 6.75. The smallest absolute Gasteiger partial charge is 0.246 e. The van der Waals surface area contributed by atoms with E-state index in [0.717, 1.165) is 78.0 Å². The summed E-state index contributed by atoms with van der Waals surface area (Å²) in [4.78, 5) is 31.3. The number of anilines is 2. The molecule has 3 aliphatic rings. The number of carbonyl (C=O) groups is 1. The molecule has 2 saturated heterocycles. The zero-order valence-electron chi connectivity index (χ0n) is 23.2. The van der Waals surface area contributed by atoms with Crippen LogP contribution in [-0.2, 0) is 17.6 Å². The van der Waals surface area contributed by atoms with Crippen LogP contribution in [-0.4, -0.2) is 95.3 Å². The number of fused-ring (bicyclic) bond motifs is 2. The molecule has 6 rings (SSSR count). The molecule has 1 N–H and O–H groups in total. The number of piperazine rings is 1. The molecule has 1 aliphatic carbocycles. The highest BCUT2D eigenvalue weighted by molar-refractivity contribution is 6.33. The fourth-order valence-corrected chi connectivity index (χ4v) is 6.65. The maximum Gasteiger partial charge on any atom is 0.246 e. The van der Waals surface area contributed by atoms with Gasteiger partial charge >= 0.3 is 0 Å². The number of amides is 1. The lowest BCUT2D eigenvalue weighted by Gasteiger charge is -2.44. The number of H-pyrrole nitrogens is 1. The standard InChI is InChI=1S/C29H37ClN8O/c1-6-25(39)36-7-9-37(10-8-36)28-21-11-17(2)20(26-22-14-31-34-24(22)12-18(3)27(26)30)13-23(21)32-29(33-28)38-15-19(16-38)35(4)5/h6,12,14,17,19-20H,1,7-11,13,15-16H2,2-5H3,(H,31,34)/t17-,20-/m1/s1. The SMILES string of the molecule is C=CC(=O)N1CCN(c2nc(N3CC(N(C)C)C3)nc3c2C[C@@H](C)[C@H](c2c(Cl)c(C)cc4[nH]ncc24)C3)CC1. The lowest BCUT2D eigenvalue weighted by Crippen LogP contribution is -2.58. The van der Waals surface area contributed by atoms with Crippen LogP contribution in [0.1, 0.15) is 35.2 Å². The van der Waals surface area contributed by atoms with Gasteiger partial charge in [0.05, 0.1) is 17.4 Å². The molecule has 0 spiro atoms. The van der Waals surface area contributed by atoms with Crippen molar-refractivity contribution >= 4 is 40.2 Å². The molecule has 2 atom stereocenters. The van der Waals surface area contributed by atoms with E-state index in [-0.39, 0.29) is 11.8 Å². The van der Waals surface area contributed by atoms with Gasteiger partial charge in [-0.3, -0.25) is 9.89 Å². The highest BCUT2D eigenvalue weighted by Crippen LogP contribution is 2.45. The Morgan fingerprint density at radius 2 is 1.90 bits per heavy atom. The van der Waals surface area contributed by atoms with Gasteiger partial charge in [0.2, 0.25) is 11.9 Å². The van der Waals surface area contributed by atoms with E-state index in [1.807, 2.05) is 11.1 Å². The third-order valence-electron chi connectivity index (χ3n) is 8.90. The Labute approximate surface area is 234 Å². The van der Waals surface area contributed by atoms with Crippen LogP contribution >= 0.6 is 11.6 Å². The third-order valence-corrected chi connectivity index (χ3v) is 9.40. The highest BCUT2D eigenvalue weighted by Gasteiger charge is 2.37. The molecule has 2 fully saturated rings. The van der Waals surface area contributed by atoms with Gasteiger partial charge in [-0.15, -0.1) is 0 Å². The largest absolute Gasteiger partial charge is 0.353 e. The second-order valence-corrected chi connectivity index (χ2v) is 11.9. The summed E-state index contributed by atoms with van der Waals surface area (Å²) in [6.45, 7) is 12.7. The molecule has 0 radical (unpaired) electrons. The number of rotatable bonds is 5. The van der Waals surface area contributed by atoms with Crippen LogP contribution in [0.25, 0.3) is 10.9 Å². The molecule has 1 amide bonds. The first kappa shape index (κ1) is 26.1. The molecule has 3 aromatic rings. The van der Waals surface area contributed by atoms with Crippen LogP contribution in [0.5, 0.6) is 0 Å². The molecule has 206 valence electrons. The first-order valence-corrected chi connectivity index (χ1v) is 14.2. The maximum atomic E-state index is 12.2. The minimum atomic E-state index is -0.00702. The van der Waals surface area contributed by atoms with E-state index in [2.05, 4.69) is 65.5 Å². The quantitative estimate of drug-likeness (QED) is 0.489. The van der Waals surface area contributed by atoms with Crippen LogP contribution in [0.2, 0.25) is 5.02 Å². The number of aryl methyl sites for hydroxylation is 1. The molecule has 0 saturated carbocycles.